The zero-order valence-corrected chi connectivity index (χ0v) is 39.1. The zero-order valence-electron chi connectivity index (χ0n) is 38.1. The van der Waals surface area contributed by atoms with E-state index < -0.39 is 31.7 Å². The van der Waals surface area contributed by atoms with Crippen molar-refractivity contribution in [2.24, 2.45) is 17.6 Å². The number of piperidine rings is 2. The largest absolute Gasteiger partial charge is 0.383 e. The van der Waals surface area contributed by atoms with E-state index in [2.05, 4.69) is 85.1 Å². The van der Waals surface area contributed by atoms with E-state index in [1.807, 2.05) is 46.0 Å². The molecule has 2 aromatic carbocycles. The van der Waals surface area contributed by atoms with Crippen molar-refractivity contribution in [2.75, 3.05) is 30.7 Å². The normalized spacial score (nSPS) is 19.2. The van der Waals surface area contributed by atoms with E-state index in [0.717, 1.165) is 77.7 Å². The van der Waals surface area contributed by atoms with Gasteiger partial charge < -0.3 is 31.3 Å². The van der Waals surface area contributed by atoms with E-state index >= 15 is 0 Å². The summed E-state index contributed by atoms with van der Waals surface area (Å²) in [6.07, 6.45) is 10.4. The Morgan fingerprint density at radius 2 is 1.28 bits per heavy atom. The topological polar surface area (TPSA) is 214 Å². The molecule has 2 aliphatic rings. The number of nitrogen functional groups attached to an aromatic ring is 1. The average Bonchev–Trinajstić information content (AvgIpc) is 4.02. The first-order valence-corrected chi connectivity index (χ1v) is 26.1. The number of aryl methyl sites for hydroxylation is 2. The summed E-state index contributed by atoms with van der Waals surface area (Å²) in [6, 6.07) is 13.0. The first-order valence-electron chi connectivity index (χ1n) is 22.4. The summed E-state index contributed by atoms with van der Waals surface area (Å²) in [7, 11) is -1.24. The number of rotatable bonds is 10. The molecule has 4 aromatic heterocycles. The molecule has 2 saturated heterocycles. The number of anilines is 2. The first-order chi connectivity index (χ1) is 30.6. The zero-order chi connectivity index (χ0) is 45.9. The van der Waals surface area contributed by atoms with Gasteiger partial charge in [-0.2, -0.15) is 15.3 Å². The van der Waals surface area contributed by atoms with Crippen molar-refractivity contribution >= 4 is 75.9 Å². The van der Waals surface area contributed by atoms with Gasteiger partial charge in [0.2, 0.25) is 0 Å². The van der Waals surface area contributed by atoms with E-state index in [4.69, 9.17) is 16.2 Å². The quantitative estimate of drug-likeness (QED) is 0.0774. The number of ether oxygens (including phenoxy) is 1. The number of carbonyl (C=O) groups is 4. The SMILES string of the molecule is CCn1ncc2cc([C@H]3CC[C@H](C)CN3C(=O)C(=O)Nc3cnc(N)c4cnn(COCC[Si](C)(C)C)c34)ccc21.CCn1ncc2cc([C@H]3CC[C@H](C)CN3C(=O)C(N)=O)ccc21. The predicted octanol–water partition coefficient (Wildman–Crippen LogP) is 6.47. The van der Waals surface area contributed by atoms with E-state index in [0.29, 0.717) is 48.0 Å². The number of likely N-dealkylation sites (tertiary alicyclic amines) is 2. The third-order valence-electron chi connectivity index (χ3n) is 12.4. The smallest absolute Gasteiger partial charge is 0.314 e. The highest BCUT2D eigenvalue weighted by Gasteiger charge is 2.36. The number of nitrogens with zero attached hydrogens (tertiary/aromatic N) is 9. The van der Waals surface area contributed by atoms with Crippen molar-refractivity contribution < 1.29 is 23.9 Å². The minimum absolute atomic E-state index is 0.0967. The van der Waals surface area contributed by atoms with E-state index in [1.54, 1.807) is 20.7 Å². The molecule has 0 saturated carbocycles. The van der Waals surface area contributed by atoms with Crippen molar-refractivity contribution in [1.82, 2.24) is 44.1 Å². The summed E-state index contributed by atoms with van der Waals surface area (Å²) >= 11 is 0. The van der Waals surface area contributed by atoms with Crippen LogP contribution in [0.1, 0.15) is 76.6 Å². The summed E-state index contributed by atoms with van der Waals surface area (Å²) in [5, 5.41) is 18.7. The van der Waals surface area contributed by atoms with Gasteiger partial charge in [-0.3, -0.25) is 28.5 Å². The lowest BCUT2D eigenvalue weighted by atomic mass is 9.89. The molecule has 6 heterocycles. The number of carbonyl (C=O) groups excluding carboxylic acids is 4. The Hall–Kier alpha value is -6.14. The number of hydrogen-bond acceptors (Lipinski definition) is 10. The number of hydrogen-bond donors (Lipinski definition) is 3. The molecule has 2 aliphatic heterocycles. The van der Waals surface area contributed by atoms with Crippen LogP contribution in [0.2, 0.25) is 25.7 Å². The van der Waals surface area contributed by atoms with Crippen molar-refractivity contribution in [3.63, 3.8) is 0 Å². The maximum Gasteiger partial charge on any atom is 0.314 e. The molecule has 17 nitrogen and oxygen atoms in total. The molecule has 0 spiro atoms. The Morgan fingerprint density at radius 3 is 1.80 bits per heavy atom. The molecule has 0 aliphatic carbocycles. The van der Waals surface area contributed by atoms with Gasteiger partial charge in [0, 0.05) is 51.6 Å². The third-order valence-corrected chi connectivity index (χ3v) is 14.1. The minimum atomic E-state index is -1.24. The molecule has 4 atom stereocenters. The maximum absolute atomic E-state index is 13.7. The van der Waals surface area contributed by atoms with Crippen LogP contribution >= 0.6 is 0 Å². The second-order valence-electron chi connectivity index (χ2n) is 18.5. The van der Waals surface area contributed by atoms with Gasteiger partial charge in [-0.25, -0.2) is 9.67 Å². The number of primary amides is 1. The minimum Gasteiger partial charge on any atom is -0.383 e. The summed E-state index contributed by atoms with van der Waals surface area (Å²) < 4.78 is 11.4. The first kappa shape index (κ1) is 45.9. The number of pyridine rings is 1. The van der Waals surface area contributed by atoms with Crippen LogP contribution in [0.5, 0.6) is 0 Å². The van der Waals surface area contributed by atoms with Crippen LogP contribution in [-0.2, 0) is 43.7 Å². The molecule has 5 N–H and O–H groups in total. The van der Waals surface area contributed by atoms with Crippen molar-refractivity contribution in [1.29, 1.82) is 0 Å². The van der Waals surface area contributed by atoms with Gasteiger partial charge in [-0.1, -0.05) is 45.6 Å². The fraction of sp³-hybridized carbons (Fsp3) is 0.478. The fourth-order valence-corrected chi connectivity index (χ4v) is 9.62. The lowest BCUT2D eigenvalue weighted by molar-refractivity contribution is -0.147. The number of benzene rings is 2. The average molecular weight is 891 g/mol. The molecular weight excluding hydrogens is 829 g/mol. The predicted molar refractivity (Wildman–Crippen MR) is 250 cm³/mol. The van der Waals surface area contributed by atoms with Gasteiger partial charge in [-0.05, 0) is 92.8 Å². The molecule has 0 radical (unpaired) electrons. The summed E-state index contributed by atoms with van der Waals surface area (Å²) in [5.74, 6) is -1.81. The Morgan fingerprint density at radius 1 is 0.750 bits per heavy atom. The van der Waals surface area contributed by atoms with Gasteiger partial charge in [0.15, 0.2) is 0 Å². The number of nitrogens with two attached hydrogens (primary N) is 2. The van der Waals surface area contributed by atoms with Crippen molar-refractivity contribution in [3.8, 4) is 0 Å². The van der Waals surface area contributed by atoms with E-state index in [1.165, 1.54) is 6.20 Å². The van der Waals surface area contributed by atoms with Crippen molar-refractivity contribution in [2.45, 2.75) is 111 Å². The van der Waals surface area contributed by atoms with Crippen LogP contribution in [0.3, 0.4) is 0 Å². The Bertz CT molecular complexity index is 2670. The third kappa shape index (κ3) is 9.97. The molecule has 4 amide bonds. The molecule has 64 heavy (non-hydrogen) atoms. The number of fused-ring (bicyclic) bond motifs is 3. The number of amides is 4. The molecular formula is C46H62N12O5Si. The van der Waals surface area contributed by atoms with E-state index in [-0.39, 0.29) is 24.7 Å². The second kappa shape index (κ2) is 19.3. The molecule has 8 rings (SSSR count). The highest BCUT2D eigenvalue weighted by Crippen LogP contribution is 2.37. The standard InChI is InChI=1S/C29H40N8O3Si.C17H22N4O2/c1-6-36-25-10-8-20(13-21(25)14-32-36)24-9-7-19(2)17-35(24)29(39)28(38)34-23-16-31-27(30)22-15-33-37(26(22)23)18-40-11-12-41(3,4)5;1-3-21-15-7-5-12(8-13(15)9-19-21)14-6-4-11(2)10-20(14)17(23)16(18)22/h8,10,13-16,19,24H,6-7,9,11-12,17-18H2,1-5H3,(H2,30,31)(H,34,38);5,7-9,11,14H,3-4,6,10H2,1-2H3,(H2,18,22)/t19-,24+;11-,14+/m00/s1. The molecule has 18 heteroatoms. The maximum atomic E-state index is 13.7. The lowest BCUT2D eigenvalue weighted by Gasteiger charge is -2.38. The van der Waals surface area contributed by atoms with Gasteiger partial charge in [0.25, 0.3) is 0 Å². The van der Waals surface area contributed by atoms with Crippen LogP contribution in [0.4, 0.5) is 11.5 Å². The lowest BCUT2D eigenvalue weighted by Crippen LogP contribution is -2.46. The van der Waals surface area contributed by atoms with Crippen LogP contribution in [0.15, 0.2) is 61.2 Å². The van der Waals surface area contributed by atoms with Crippen molar-refractivity contribution in [3.05, 3.63) is 72.3 Å². The molecule has 6 aromatic rings. The van der Waals surface area contributed by atoms with E-state index in [9.17, 15) is 19.2 Å². The molecule has 340 valence electrons. The highest BCUT2D eigenvalue weighted by molar-refractivity contribution is 6.76. The van der Waals surface area contributed by atoms with Gasteiger partial charge >= 0.3 is 23.6 Å². The van der Waals surface area contributed by atoms with Gasteiger partial charge in [0.05, 0.1) is 64.5 Å². The monoisotopic (exact) mass is 890 g/mol. The second-order valence-corrected chi connectivity index (χ2v) is 24.1. The van der Waals surface area contributed by atoms with Crippen LogP contribution in [0, 0.1) is 11.8 Å². The summed E-state index contributed by atoms with van der Waals surface area (Å²) in [5.41, 5.74) is 16.5. The summed E-state index contributed by atoms with van der Waals surface area (Å²) in [6.45, 7) is 18.7. The van der Waals surface area contributed by atoms with Gasteiger partial charge in [0.1, 0.15) is 12.5 Å². The number of nitrogens with one attached hydrogen (secondary N) is 1. The molecule has 0 bridgehead atoms. The van der Waals surface area contributed by atoms with Gasteiger partial charge in [-0.15, -0.1) is 0 Å². The Kier molecular flexibility index (Phi) is 13.8. The Labute approximate surface area is 374 Å². The summed E-state index contributed by atoms with van der Waals surface area (Å²) in [4.78, 5) is 58.2. The highest BCUT2D eigenvalue weighted by atomic mass is 28.3. The number of aromatic nitrogens is 7. The van der Waals surface area contributed by atoms with Crippen LogP contribution < -0.4 is 16.8 Å². The fourth-order valence-electron chi connectivity index (χ4n) is 8.86. The van der Waals surface area contributed by atoms with Crippen LogP contribution in [-0.4, -0.2) is 95.5 Å². The molecule has 0 unspecified atom stereocenters. The molecule has 2 fully saturated rings. The Balaban J connectivity index is 0.000000225. The van der Waals surface area contributed by atoms with Crippen LogP contribution in [0.25, 0.3) is 32.7 Å².